The lowest BCUT2D eigenvalue weighted by atomic mass is 10.2. The van der Waals surface area contributed by atoms with E-state index in [0.717, 1.165) is 13.0 Å². The van der Waals surface area contributed by atoms with Crippen molar-refractivity contribution in [2.24, 2.45) is 4.99 Å². The topological polar surface area (TPSA) is 70.6 Å². The summed E-state index contributed by atoms with van der Waals surface area (Å²) >= 11 is 1.73. The number of rotatable bonds is 8. The summed E-state index contributed by atoms with van der Waals surface area (Å²) in [6.45, 7) is 2.72. The highest BCUT2D eigenvalue weighted by Crippen LogP contribution is 2.12. The molecule has 0 radical (unpaired) electrons. The first-order chi connectivity index (χ1) is 12.0. The molecule has 144 valence electrons. The van der Waals surface area contributed by atoms with Crippen molar-refractivity contribution in [3.8, 4) is 0 Å². The number of nitrogens with zero attached hydrogens (tertiary/aromatic N) is 1. The van der Waals surface area contributed by atoms with E-state index in [2.05, 4.69) is 27.1 Å². The number of thiophene rings is 1. The van der Waals surface area contributed by atoms with Crippen molar-refractivity contribution >= 4 is 51.1 Å². The average molecular weight is 507 g/mol. The lowest BCUT2D eigenvalue weighted by molar-refractivity contribution is 0.569. The van der Waals surface area contributed by atoms with Crippen LogP contribution in [0.15, 0.2) is 57.7 Å². The minimum atomic E-state index is -3.33. The Morgan fingerprint density at radius 2 is 1.92 bits per heavy atom. The fourth-order valence-corrected chi connectivity index (χ4v) is 4.72. The first-order valence-corrected chi connectivity index (χ1v) is 10.9. The van der Waals surface area contributed by atoms with Gasteiger partial charge in [-0.25, -0.2) is 8.42 Å². The Labute approximate surface area is 177 Å². The molecular formula is C18H26IN3O2S2. The number of guanidine groups is 1. The van der Waals surface area contributed by atoms with Gasteiger partial charge < -0.3 is 10.6 Å². The second-order valence-corrected chi connectivity index (χ2v) is 8.74. The van der Waals surface area contributed by atoms with Crippen molar-refractivity contribution in [1.82, 2.24) is 10.6 Å². The Morgan fingerprint density at radius 3 is 2.50 bits per heavy atom. The molecule has 2 rings (SSSR count). The number of halogens is 1. The third-order valence-corrected chi connectivity index (χ3v) is 6.59. The normalized spacial score (nSPS) is 12.9. The zero-order valence-electron chi connectivity index (χ0n) is 15.0. The molecule has 0 amide bonds. The van der Waals surface area contributed by atoms with Crippen molar-refractivity contribution < 1.29 is 8.42 Å². The minimum Gasteiger partial charge on any atom is -0.356 e. The lowest BCUT2D eigenvalue weighted by Gasteiger charge is -2.20. The van der Waals surface area contributed by atoms with Gasteiger partial charge in [0.25, 0.3) is 0 Å². The predicted octanol–water partition coefficient (Wildman–Crippen LogP) is 3.33. The molecule has 0 aliphatic heterocycles. The molecule has 0 bridgehead atoms. The van der Waals surface area contributed by atoms with Crippen LogP contribution in [-0.2, 0) is 16.3 Å². The van der Waals surface area contributed by atoms with E-state index in [9.17, 15) is 8.42 Å². The van der Waals surface area contributed by atoms with Crippen molar-refractivity contribution in [2.75, 3.05) is 19.3 Å². The SMILES string of the molecule is CCC(CS(=O)(=O)c1ccccc1)NC(=NC)NCCc1cccs1.I. The van der Waals surface area contributed by atoms with Gasteiger partial charge in [0.05, 0.1) is 10.6 Å². The third kappa shape index (κ3) is 7.24. The molecule has 1 aromatic heterocycles. The van der Waals surface area contributed by atoms with Gasteiger partial charge in [0, 0.05) is 24.5 Å². The molecule has 0 fully saturated rings. The standard InChI is InChI=1S/C18H25N3O2S2.HI/c1-3-15(14-25(22,23)17-9-5-4-6-10-17)21-18(19-2)20-12-11-16-8-7-13-24-16;/h4-10,13,15H,3,11-12,14H2,1-2H3,(H2,19,20,21);1H. The highest BCUT2D eigenvalue weighted by molar-refractivity contribution is 14.0. The zero-order valence-corrected chi connectivity index (χ0v) is 19.0. The summed E-state index contributed by atoms with van der Waals surface area (Å²) < 4.78 is 25.1. The Balaban J connectivity index is 0.00000338. The van der Waals surface area contributed by atoms with Gasteiger partial charge in [-0.1, -0.05) is 31.2 Å². The van der Waals surface area contributed by atoms with Crippen LogP contribution in [0.1, 0.15) is 18.2 Å². The Kier molecular flexibility index (Phi) is 10.2. The highest BCUT2D eigenvalue weighted by Gasteiger charge is 2.20. The predicted molar refractivity (Wildman–Crippen MR) is 121 cm³/mol. The molecule has 0 aliphatic carbocycles. The zero-order chi connectivity index (χ0) is 18.1. The second kappa shape index (κ2) is 11.6. The van der Waals surface area contributed by atoms with Gasteiger partial charge in [0.15, 0.2) is 15.8 Å². The Bertz CT molecular complexity index is 763. The largest absolute Gasteiger partial charge is 0.356 e. The Morgan fingerprint density at radius 1 is 1.19 bits per heavy atom. The number of aliphatic imine (C=N–C) groups is 1. The van der Waals surface area contributed by atoms with E-state index in [1.807, 2.05) is 19.1 Å². The maximum atomic E-state index is 12.5. The Hall–Kier alpha value is -1.13. The van der Waals surface area contributed by atoms with Crippen LogP contribution in [0.3, 0.4) is 0 Å². The molecule has 2 N–H and O–H groups in total. The van der Waals surface area contributed by atoms with E-state index in [4.69, 9.17) is 0 Å². The summed E-state index contributed by atoms with van der Waals surface area (Å²) in [6, 6.07) is 12.5. The van der Waals surface area contributed by atoms with Crippen LogP contribution in [0, 0.1) is 0 Å². The van der Waals surface area contributed by atoms with Crippen molar-refractivity contribution in [2.45, 2.75) is 30.7 Å². The van der Waals surface area contributed by atoms with E-state index >= 15 is 0 Å². The number of hydrogen-bond acceptors (Lipinski definition) is 4. The second-order valence-electron chi connectivity index (χ2n) is 5.67. The summed E-state index contributed by atoms with van der Waals surface area (Å²) in [4.78, 5) is 5.86. The van der Waals surface area contributed by atoms with Crippen LogP contribution in [0.2, 0.25) is 0 Å². The van der Waals surface area contributed by atoms with Crippen LogP contribution in [-0.4, -0.2) is 39.8 Å². The molecule has 5 nitrogen and oxygen atoms in total. The van der Waals surface area contributed by atoms with Gasteiger partial charge in [-0.3, -0.25) is 4.99 Å². The van der Waals surface area contributed by atoms with Gasteiger partial charge in [-0.05, 0) is 36.4 Å². The van der Waals surface area contributed by atoms with E-state index in [1.165, 1.54) is 4.88 Å². The summed E-state index contributed by atoms with van der Waals surface area (Å²) in [5.41, 5.74) is 0. The quantitative estimate of drug-likeness (QED) is 0.327. The molecule has 0 aliphatic rings. The first kappa shape index (κ1) is 22.9. The molecule has 1 aromatic carbocycles. The van der Waals surface area contributed by atoms with Crippen LogP contribution in [0.5, 0.6) is 0 Å². The smallest absolute Gasteiger partial charge is 0.191 e. The third-order valence-electron chi connectivity index (χ3n) is 3.82. The number of nitrogens with one attached hydrogen (secondary N) is 2. The molecule has 0 spiro atoms. The molecular weight excluding hydrogens is 481 g/mol. The average Bonchev–Trinajstić information content (AvgIpc) is 3.14. The lowest BCUT2D eigenvalue weighted by Crippen LogP contribution is -2.46. The number of benzene rings is 1. The molecule has 8 heteroatoms. The number of hydrogen-bond donors (Lipinski definition) is 2. The highest BCUT2D eigenvalue weighted by atomic mass is 127. The molecule has 2 aromatic rings. The van der Waals surface area contributed by atoms with Gasteiger partial charge in [0.2, 0.25) is 0 Å². The molecule has 1 unspecified atom stereocenters. The maximum absolute atomic E-state index is 12.5. The van der Waals surface area contributed by atoms with E-state index in [0.29, 0.717) is 17.3 Å². The van der Waals surface area contributed by atoms with Crippen LogP contribution in [0.4, 0.5) is 0 Å². The maximum Gasteiger partial charge on any atom is 0.191 e. The molecule has 1 atom stereocenters. The molecule has 0 saturated heterocycles. The van der Waals surface area contributed by atoms with Gasteiger partial charge in [0.1, 0.15) is 0 Å². The summed E-state index contributed by atoms with van der Waals surface area (Å²) in [6.07, 6.45) is 1.61. The van der Waals surface area contributed by atoms with E-state index in [1.54, 1.807) is 42.6 Å². The fourth-order valence-electron chi connectivity index (χ4n) is 2.40. The summed E-state index contributed by atoms with van der Waals surface area (Å²) in [5, 5.41) is 8.53. The minimum absolute atomic E-state index is 0. The van der Waals surface area contributed by atoms with Gasteiger partial charge >= 0.3 is 0 Å². The monoisotopic (exact) mass is 507 g/mol. The van der Waals surface area contributed by atoms with Crippen LogP contribution < -0.4 is 10.6 Å². The van der Waals surface area contributed by atoms with E-state index < -0.39 is 9.84 Å². The summed E-state index contributed by atoms with van der Waals surface area (Å²) in [7, 11) is -1.63. The van der Waals surface area contributed by atoms with Crippen molar-refractivity contribution in [3.05, 3.63) is 52.7 Å². The molecule has 1 heterocycles. The van der Waals surface area contributed by atoms with Crippen molar-refractivity contribution in [3.63, 3.8) is 0 Å². The van der Waals surface area contributed by atoms with Gasteiger partial charge in [-0.15, -0.1) is 35.3 Å². The van der Waals surface area contributed by atoms with Gasteiger partial charge in [-0.2, -0.15) is 0 Å². The fraction of sp³-hybridized carbons (Fsp3) is 0.389. The summed E-state index contributed by atoms with van der Waals surface area (Å²) in [5.74, 6) is 0.672. The molecule has 0 saturated carbocycles. The van der Waals surface area contributed by atoms with Crippen molar-refractivity contribution in [1.29, 1.82) is 0 Å². The number of sulfone groups is 1. The van der Waals surface area contributed by atoms with Crippen LogP contribution in [0.25, 0.3) is 0 Å². The first-order valence-electron chi connectivity index (χ1n) is 8.32. The van der Waals surface area contributed by atoms with E-state index in [-0.39, 0.29) is 35.8 Å². The van der Waals surface area contributed by atoms with Crippen LogP contribution >= 0.6 is 35.3 Å². The molecule has 26 heavy (non-hydrogen) atoms.